The summed E-state index contributed by atoms with van der Waals surface area (Å²) < 4.78 is 3.09. The highest BCUT2D eigenvalue weighted by Gasteiger charge is 2.22. The first-order valence-electron chi connectivity index (χ1n) is 7.26. The molecular weight excluding hydrogens is 350 g/mol. The minimum absolute atomic E-state index is 0.0986. The van der Waals surface area contributed by atoms with Gasteiger partial charge in [-0.1, -0.05) is 30.7 Å². The Morgan fingerprint density at radius 1 is 1.29 bits per heavy atom. The van der Waals surface area contributed by atoms with Crippen LogP contribution in [0.1, 0.15) is 50.5 Å². The van der Waals surface area contributed by atoms with Gasteiger partial charge in [0.05, 0.1) is 22.4 Å². The molecule has 0 saturated carbocycles. The Kier molecular flexibility index (Phi) is 5.85. The molecule has 3 nitrogen and oxygen atoms in total. The van der Waals surface area contributed by atoms with Crippen LogP contribution < -0.4 is 5.32 Å². The number of benzene rings is 1. The van der Waals surface area contributed by atoms with Gasteiger partial charge in [0.25, 0.3) is 0 Å². The lowest BCUT2D eigenvalue weighted by Crippen LogP contribution is -2.26. The molecule has 1 unspecified atom stereocenters. The van der Waals surface area contributed by atoms with E-state index >= 15 is 0 Å². The summed E-state index contributed by atoms with van der Waals surface area (Å²) in [7, 11) is 0. The molecule has 1 aromatic heterocycles. The van der Waals surface area contributed by atoms with Crippen molar-refractivity contribution < 1.29 is 0 Å². The SMILES string of the molecule is CCCNC(c1ccc(Cl)cc1)c1c(Br)cnn1C(C)C. The summed E-state index contributed by atoms with van der Waals surface area (Å²) >= 11 is 9.65. The second-order valence-electron chi connectivity index (χ2n) is 5.35. The van der Waals surface area contributed by atoms with Gasteiger partial charge in [0.15, 0.2) is 0 Å². The van der Waals surface area contributed by atoms with Gasteiger partial charge < -0.3 is 5.32 Å². The normalized spacial score (nSPS) is 12.9. The number of rotatable bonds is 6. The van der Waals surface area contributed by atoms with E-state index in [2.05, 4.69) is 63.9 Å². The molecule has 1 N–H and O–H groups in total. The Balaban J connectivity index is 2.45. The molecule has 5 heteroatoms. The molecule has 0 fully saturated rings. The van der Waals surface area contributed by atoms with E-state index in [1.807, 2.05) is 18.3 Å². The molecule has 0 bridgehead atoms. The Labute approximate surface area is 139 Å². The van der Waals surface area contributed by atoms with Crippen molar-refractivity contribution in [1.82, 2.24) is 15.1 Å². The summed E-state index contributed by atoms with van der Waals surface area (Å²) in [5.41, 5.74) is 2.34. The van der Waals surface area contributed by atoms with Crippen LogP contribution in [0, 0.1) is 0 Å². The number of hydrogen-bond acceptors (Lipinski definition) is 2. The van der Waals surface area contributed by atoms with Crippen molar-refractivity contribution in [2.24, 2.45) is 0 Å². The van der Waals surface area contributed by atoms with Gasteiger partial charge >= 0.3 is 0 Å². The van der Waals surface area contributed by atoms with Crippen molar-refractivity contribution in [3.63, 3.8) is 0 Å². The molecule has 0 amide bonds. The van der Waals surface area contributed by atoms with Crippen molar-refractivity contribution in [3.05, 3.63) is 51.2 Å². The van der Waals surface area contributed by atoms with E-state index < -0.39 is 0 Å². The third kappa shape index (κ3) is 3.87. The lowest BCUT2D eigenvalue weighted by molar-refractivity contribution is 0.470. The third-order valence-corrected chi connectivity index (χ3v) is 4.21. The molecule has 2 rings (SSSR count). The zero-order valence-electron chi connectivity index (χ0n) is 12.6. The molecule has 114 valence electrons. The molecule has 0 saturated heterocycles. The number of nitrogens with zero attached hydrogens (tertiary/aromatic N) is 2. The monoisotopic (exact) mass is 369 g/mol. The predicted octanol–water partition coefficient (Wildman–Crippen LogP) is 4.97. The summed E-state index contributed by atoms with van der Waals surface area (Å²) in [6.45, 7) is 7.40. The van der Waals surface area contributed by atoms with Crippen molar-refractivity contribution in [1.29, 1.82) is 0 Å². The first kappa shape index (κ1) is 16.5. The Hall–Kier alpha value is -0.840. The molecule has 2 aromatic rings. The quantitative estimate of drug-likeness (QED) is 0.778. The topological polar surface area (TPSA) is 29.9 Å². The largest absolute Gasteiger partial charge is 0.305 e. The fraction of sp³-hybridized carbons (Fsp3) is 0.438. The van der Waals surface area contributed by atoms with E-state index in [0.717, 1.165) is 28.2 Å². The molecular formula is C16H21BrClN3. The van der Waals surface area contributed by atoms with E-state index in [9.17, 15) is 0 Å². The maximum atomic E-state index is 6.01. The fourth-order valence-electron chi connectivity index (χ4n) is 2.35. The van der Waals surface area contributed by atoms with Gasteiger partial charge in [-0.05, 0) is 60.4 Å². The van der Waals surface area contributed by atoms with E-state index in [1.165, 1.54) is 5.56 Å². The van der Waals surface area contributed by atoms with Crippen molar-refractivity contribution >= 4 is 27.5 Å². The lowest BCUT2D eigenvalue weighted by atomic mass is 10.0. The van der Waals surface area contributed by atoms with Gasteiger partial charge in [0.2, 0.25) is 0 Å². The first-order chi connectivity index (χ1) is 10.0. The number of nitrogens with one attached hydrogen (secondary N) is 1. The van der Waals surface area contributed by atoms with Crippen LogP contribution in [-0.4, -0.2) is 16.3 Å². The second-order valence-corrected chi connectivity index (χ2v) is 6.65. The smallest absolute Gasteiger partial charge is 0.0760 e. The van der Waals surface area contributed by atoms with Crippen LogP contribution in [0.2, 0.25) is 5.02 Å². The van der Waals surface area contributed by atoms with Crippen LogP contribution in [0.4, 0.5) is 0 Å². The van der Waals surface area contributed by atoms with Gasteiger partial charge in [-0.25, -0.2) is 0 Å². The van der Waals surface area contributed by atoms with Crippen LogP contribution in [0.3, 0.4) is 0 Å². The summed E-state index contributed by atoms with van der Waals surface area (Å²) in [4.78, 5) is 0. The summed E-state index contributed by atoms with van der Waals surface area (Å²) in [6.07, 6.45) is 2.95. The maximum absolute atomic E-state index is 6.01. The van der Waals surface area contributed by atoms with Crippen molar-refractivity contribution in [2.45, 2.75) is 39.3 Å². The van der Waals surface area contributed by atoms with Crippen LogP contribution in [0.15, 0.2) is 34.9 Å². The molecule has 0 spiro atoms. The van der Waals surface area contributed by atoms with Crippen molar-refractivity contribution in [3.8, 4) is 0 Å². The highest BCUT2D eigenvalue weighted by Crippen LogP contribution is 2.31. The van der Waals surface area contributed by atoms with Gasteiger partial charge in [-0.2, -0.15) is 5.10 Å². The minimum Gasteiger partial charge on any atom is -0.305 e. The van der Waals surface area contributed by atoms with Crippen LogP contribution in [0.5, 0.6) is 0 Å². The number of aromatic nitrogens is 2. The standard InChI is InChI=1S/C16H21BrClN3/c1-4-9-19-15(12-5-7-13(18)8-6-12)16-14(17)10-20-21(16)11(2)3/h5-8,10-11,15,19H,4,9H2,1-3H3. The first-order valence-corrected chi connectivity index (χ1v) is 8.43. The van der Waals surface area contributed by atoms with Crippen LogP contribution in [0.25, 0.3) is 0 Å². The summed E-state index contributed by atoms with van der Waals surface area (Å²) in [6, 6.07) is 8.41. The zero-order chi connectivity index (χ0) is 15.4. The van der Waals surface area contributed by atoms with Crippen LogP contribution >= 0.6 is 27.5 Å². The lowest BCUT2D eigenvalue weighted by Gasteiger charge is -2.23. The van der Waals surface area contributed by atoms with Crippen LogP contribution in [-0.2, 0) is 0 Å². The van der Waals surface area contributed by atoms with Crippen molar-refractivity contribution in [2.75, 3.05) is 6.54 Å². The average Bonchev–Trinajstić information content (AvgIpc) is 2.83. The Morgan fingerprint density at radius 2 is 1.95 bits per heavy atom. The number of halogens is 2. The van der Waals surface area contributed by atoms with Gasteiger partial charge in [-0.15, -0.1) is 0 Å². The fourth-order valence-corrected chi connectivity index (χ4v) is 2.98. The van der Waals surface area contributed by atoms with E-state index in [-0.39, 0.29) is 6.04 Å². The van der Waals surface area contributed by atoms with Gasteiger partial charge in [-0.3, -0.25) is 4.68 Å². The highest BCUT2D eigenvalue weighted by molar-refractivity contribution is 9.10. The Morgan fingerprint density at radius 3 is 2.52 bits per heavy atom. The van der Waals surface area contributed by atoms with E-state index in [1.54, 1.807) is 0 Å². The molecule has 0 aliphatic carbocycles. The van der Waals surface area contributed by atoms with Gasteiger partial charge in [0.1, 0.15) is 0 Å². The zero-order valence-corrected chi connectivity index (χ0v) is 14.9. The molecule has 0 aliphatic heterocycles. The van der Waals surface area contributed by atoms with E-state index in [4.69, 9.17) is 11.6 Å². The molecule has 0 radical (unpaired) electrons. The highest BCUT2D eigenvalue weighted by atomic mass is 79.9. The minimum atomic E-state index is 0.0986. The summed E-state index contributed by atoms with van der Waals surface area (Å²) in [5, 5.41) is 8.85. The molecule has 1 heterocycles. The van der Waals surface area contributed by atoms with Gasteiger partial charge in [0, 0.05) is 11.1 Å². The average molecular weight is 371 g/mol. The third-order valence-electron chi connectivity index (χ3n) is 3.35. The second kappa shape index (κ2) is 7.43. The molecule has 0 aliphatic rings. The Bertz CT molecular complexity index is 578. The molecule has 1 aromatic carbocycles. The predicted molar refractivity (Wildman–Crippen MR) is 91.9 cm³/mol. The van der Waals surface area contributed by atoms with E-state index in [0.29, 0.717) is 6.04 Å². The number of hydrogen-bond donors (Lipinski definition) is 1. The molecule has 21 heavy (non-hydrogen) atoms. The maximum Gasteiger partial charge on any atom is 0.0760 e. The summed E-state index contributed by atoms with van der Waals surface area (Å²) in [5.74, 6) is 0. The molecule has 1 atom stereocenters.